The maximum absolute atomic E-state index is 5.41. The van der Waals surface area contributed by atoms with Crippen molar-refractivity contribution in [2.45, 2.75) is 0 Å². The Bertz CT molecular complexity index is 3260. The van der Waals surface area contributed by atoms with E-state index in [1.54, 1.807) is 0 Å². The number of hydrogen-bond acceptors (Lipinski definition) is 4. The summed E-state index contributed by atoms with van der Waals surface area (Å²) < 4.78 is 2.52. The number of aromatic nitrogens is 3. The van der Waals surface area contributed by atoms with Crippen LogP contribution in [-0.2, 0) is 0 Å². The van der Waals surface area contributed by atoms with E-state index >= 15 is 0 Å². The van der Waals surface area contributed by atoms with Gasteiger partial charge in [0.2, 0.25) is 0 Å². The molecule has 8 aromatic carbocycles. The fraction of sp³-hybridized carbons (Fsp3) is 0. The smallest absolute Gasteiger partial charge is 0.160 e. The van der Waals surface area contributed by atoms with E-state index in [9.17, 15) is 0 Å². The Labute approximate surface area is 334 Å². The van der Waals surface area contributed by atoms with Gasteiger partial charge in [0, 0.05) is 47.8 Å². The molecule has 0 aliphatic heterocycles. The summed E-state index contributed by atoms with van der Waals surface area (Å²) in [5.74, 6) is 0.695. The molecule has 0 amide bonds. The molecule has 3 heterocycles. The summed E-state index contributed by atoms with van der Waals surface area (Å²) in [6.07, 6.45) is 0. The molecule has 4 heteroatoms. The maximum atomic E-state index is 5.41. The quantitative estimate of drug-likeness (QED) is 0.170. The lowest BCUT2D eigenvalue weighted by atomic mass is 9.96. The van der Waals surface area contributed by atoms with Gasteiger partial charge in [-0.3, -0.25) is 0 Å². The van der Waals surface area contributed by atoms with Crippen LogP contribution < -0.4 is 0 Å². The second kappa shape index (κ2) is 13.8. The average Bonchev–Trinajstić information content (AvgIpc) is 3.69. The topological polar surface area (TPSA) is 38.7 Å². The SMILES string of the molecule is c1ccc(-c2ccc(-c3nc(-c4ccccc4)cc(-c4ccc(-c5nc6ccc(-c7cccc8ccccc78)cc6c6sc7ccccc7c56)cc4)n3)cc2)cc1. The maximum Gasteiger partial charge on any atom is 0.160 e. The number of thiophene rings is 1. The molecule has 0 saturated carbocycles. The van der Waals surface area contributed by atoms with Crippen LogP contribution >= 0.6 is 11.3 Å². The molecule has 0 saturated heterocycles. The fourth-order valence-electron chi connectivity index (χ4n) is 8.04. The van der Waals surface area contributed by atoms with Gasteiger partial charge in [0.15, 0.2) is 5.82 Å². The van der Waals surface area contributed by atoms with E-state index < -0.39 is 0 Å². The van der Waals surface area contributed by atoms with Gasteiger partial charge in [0.1, 0.15) is 0 Å². The summed E-state index contributed by atoms with van der Waals surface area (Å²) in [6, 6.07) is 70.7. The second-order valence-electron chi connectivity index (χ2n) is 14.4. The van der Waals surface area contributed by atoms with Crippen LogP contribution in [0.5, 0.6) is 0 Å². The Hall–Kier alpha value is -7.27. The predicted molar refractivity (Wildman–Crippen MR) is 240 cm³/mol. The first kappa shape index (κ1) is 33.1. The van der Waals surface area contributed by atoms with Crippen LogP contribution in [0.15, 0.2) is 200 Å². The lowest BCUT2D eigenvalue weighted by Crippen LogP contribution is -1.96. The minimum Gasteiger partial charge on any atom is -0.247 e. The van der Waals surface area contributed by atoms with Crippen LogP contribution in [0.3, 0.4) is 0 Å². The summed E-state index contributed by atoms with van der Waals surface area (Å²) in [5.41, 5.74) is 12.6. The average molecular weight is 744 g/mol. The van der Waals surface area contributed by atoms with Crippen molar-refractivity contribution < 1.29 is 0 Å². The number of benzene rings is 8. The van der Waals surface area contributed by atoms with E-state index in [1.807, 2.05) is 23.5 Å². The minimum absolute atomic E-state index is 0.695. The number of hydrogen-bond donors (Lipinski definition) is 0. The molecule has 11 aromatic rings. The van der Waals surface area contributed by atoms with Gasteiger partial charge in [-0.1, -0.05) is 176 Å². The summed E-state index contributed by atoms with van der Waals surface area (Å²) in [6.45, 7) is 0. The Morgan fingerprint density at radius 2 is 0.912 bits per heavy atom. The normalized spacial score (nSPS) is 11.5. The Morgan fingerprint density at radius 3 is 1.68 bits per heavy atom. The van der Waals surface area contributed by atoms with E-state index in [1.165, 1.54) is 53.0 Å². The predicted octanol–water partition coefficient (Wildman–Crippen LogP) is 14.5. The Balaban J connectivity index is 1.02. The van der Waals surface area contributed by atoms with E-state index in [4.69, 9.17) is 15.0 Å². The molecule has 0 unspecified atom stereocenters. The number of rotatable bonds is 6. The van der Waals surface area contributed by atoms with Gasteiger partial charge in [-0.15, -0.1) is 11.3 Å². The zero-order chi connectivity index (χ0) is 37.7. The molecule has 0 bridgehead atoms. The highest BCUT2D eigenvalue weighted by Crippen LogP contribution is 2.44. The lowest BCUT2D eigenvalue weighted by Gasteiger charge is -2.12. The molecular weight excluding hydrogens is 711 g/mol. The molecule has 3 aromatic heterocycles. The molecule has 11 rings (SSSR count). The highest BCUT2D eigenvalue weighted by Gasteiger charge is 2.18. The molecule has 266 valence electrons. The highest BCUT2D eigenvalue weighted by molar-refractivity contribution is 7.26. The van der Waals surface area contributed by atoms with Crippen molar-refractivity contribution in [1.82, 2.24) is 15.0 Å². The Morgan fingerprint density at radius 1 is 0.351 bits per heavy atom. The van der Waals surface area contributed by atoms with Crippen molar-refractivity contribution in [3.05, 3.63) is 200 Å². The van der Waals surface area contributed by atoms with E-state index in [0.717, 1.165) is 50.4 Å². The monoisotopic (exact) mass is 743 g/mol. The molecule has 0 N–H and O–H groups in total. The summed E-state index contributed by atoms with van der Waals surface area (Å²) >= 11 is 1.85. The van der Waals surface area contributed by atoms with Gasteiger partial charge < -0.3 is 0 Å². The van der Waals surface area contributed by atoms with Crippen LogP contribution in [0.1, 0.15) is 0 Å². The van der Waals surface area contributed by atoms with E-state index in [2.05, 4.69) is 188 Å². The Kier molecular flexibility index (Phi) is 8.01. The first-order valence-corrected chi connectivity index (χ1v) is 20.0. The second-order valence-corrected chi connectivity index (χ2v) is 15.4. The van der Waals surface area contributed by atoms with Crippen LogP contribution in [0.25, 0.3) is 109 Å². The molecule has 57 heavy (non-hydrogen) atoms. The largest absolute Gasteiger partial charge is 0.247 e. The first-order valence-electron chi connectivity index (χ1n) is 19.2. The molecule has 0 fully saturated rings. The van der Waals surface area contributed by atoms with Crippen LogP contribution in [0.4, 0.5) is 0 Å². The summed E-state index contributed by atoms with van der Waals surface area (Å²) in [7, 11) is 0. The summed E-state index contributed by atoms with van der Waals surface area (Å²) in [4.78, 5) is 15.6. The lowest BCUT2D eigenvalue weighted by molar-refractivity contribution is 1.18. The van der Waals surface area contributed by atoms with Gasteiger partial charge >= 0.3 is 0 Å². The number of pyridine rings is 1. The van der Waals surface area contributed by atoms with Crippen molar-refractivity contribution in [2.24, 2.45) is 0 Å². The van der Waals surface area contributed by atoms with Gasteiger partial charge in [0.05, 0.1) is 22.6 Å². The molecule has 3 nitrogen and oxygen atoms in total. The third kappa shape index (κ3) is 5.95. The van der Waals surface area contributed by atoms with Crippen molar-refractivity contribution in [1.29, 1.82) is 0 Å². The zero-order valence-electron chi connectivity index (χ0n) is 30.8. The molecule has 0 aliphatic carbocycles. The third-order valence-corrected chi connectivity index (χ3v) is 12.1. The van der Waals surface area contributed by atoms with Crippen molar-refractivity contribution in [3.8, 4) is 67.4 Å². The molecular formula is C53H33N3S. The van der Waals surface area contributed by atoms with E-state index in [-0.39, 0.29) is 0 Å². The van der Waals surface area contributed by atoms with Crippen LogP contribution in [0, 0.1) is 0 Å². The summed E-state index contributed by atoms with van der Waals surface area (Å²) in [5, 5.41) is 6.10. The minimum atomic E-state index is 0.695. The van der Waals surface area contributed by atoms with Gasteiger partial charge in [-0.25, -0.2) is 15.0 Å². The van der Waals surface area contributed by atoms with E-state index in [0.29, 0.717) is 5.82 Å². The van der Waals surface area contributed by atoms with Gasteiger partial charge in [0.25, 0.3) is 0 Å². The van der Waals surface area contributed by atoms with Gasteiger partial charge in [-0.05, 0) is 57.3 Å². The molecule has 0 spiro atoms. The van der Waals surface area contributed by atoms with Crippen molar-refractivity contribution >= 4 is 53.2 Å². The molecule has 0 aliphatic rings. The van der Waals surface area contributed by atoms with Crippen LogP contribution in [-0.4, -0.2) is 15.0 Å². The van der Waals surface area contributed by atoms with Crippen molar-refractivity contribution in [3.63, 3.8) is 0 Å². The number of fused-ring (bicyclic) bond motifs is 6. The first-order chi connectivity index (χ1) is 28.2. The highest BCUT2D eigenvalue weighted by atomic mass is 32.1. The zero-order valence-corrected chi connectivity index (χ0v) is 31.6. The molecule has 0 atom stereocenters. The fourth-order valence-corrected chi connectivity index (χ4v) is 9.27. The van der Waals surface area contributed by atoms with Crippen molar-refractivity contribution in [2.75, 3.05) is 0 Å². The number of nitrogens with zero attached hydrogens (tertiary/aromatic N) is 3. The van der Waals surface area contributed by atoms with Crippen LogP contribution in [0.2, 0.25) is 0 Å². The molecule has 0 radical (unpaired) electrons. The third-order valence-electron chi connectivity index (χ3n) is 10.9. The van der Waals surface area contributed by atoms with Gasteiger partial charge in [-0.2, -0.15) is 0 Å². The standard InChI is InChI=1S/C53H33N3S/c1-3-12-34(13-4-1)35-22-28-40(29-23-35)53-55-47(37-15-5-2-6-16-37)33-48(56-53)38-24-26-39(27-25-38)51-50-44-19-9-10-21-49(44)57-52(50)45-32-41(30-31-46(45)54-51)43-20-11-17-36-14-7-8-18-42(36)43/h1-33H.